The van der Waals surface area contributed by atoms with Crippen LogP contribution < -0.4 is 19.5 Å². The molecule has 1 aliphatic rings. The van der Waals surface area contributed by atoms with Gasteiger partial charge in [0.1, 0.15) is 0 Å². The van der Waals surface area contributed by atoms with E-state index >= 15 is 0 Å². The van der Waals surface area contributed by atoms with Gasteiger partial charge in [-0.2, -0.15) is 0 Å². The minimum atomic E-state index is 0.591. The first-order chi connectivity index (χ1) is 9.30. The number of benzene rings is 1. The normalized spacial score (nSPS) is 14.2. The summed E-state index contributed by atoms with van der Waals surface area (Å²) in [6, 6.07) is 3.82. The molecule has 19 heavy (non-hydrogen) atoms. The number of ether oxygens (including phenoxy) is 3. The van der Waals surface area contributed by atoms with Crippen LogP contribution in [0.25, 0.3) is 5.57 Å². The Labute approximate surface area is 112 Å². The SMILES string of the molecule is COc1cc(C2=CNCCN=C2)cc(OC)c1OC. The Kier molecular flexibility index (Phi) is 4.28. The van der Waals surface area contributed by atoms with Gasteiger partial charge in [-0.3, -0.25) is 4.99 Å². The second kappa shape index (κ2) is 6.13. The van der Waals surface area contributed by atoms with E-state index < -0.39 is 0 Å². The van der Waals surface area contributed by atoms with Gasteiger partial charge in [-0.1, -0.05) is 0 Å². The van der Waals surface area contributed by atoms with Crippen molar-refractivity contribution >= 4 is 11.8 Å². The number of aliphatic imine (C=N–C) groups is 1. The van der Waals surface area contributed by atoms with E-state index in [0.717, 1.165) is 24.2 Å². The van der Waals surface area contributed by atoms with Crippen molar-refractivity contribution in [2.24, 2.45) is 4.99 Å². The van der Waals surface area contributed by atoms with Crippen molar-refractivity contribution in [2.45, 2.75) is 0 Å². The predicted octanol–water partition coefficient (Wildman–Crippen LogP) is 1.73. The summed E-state index contributed by atoms with van der Waals surface area (Å²) in [5.74, 6) is 1.86. The van der Waals surface area contributed by atoms with Crippen LogP contribution in [0.3, 0.4) is 0 Å². The highest BCUT2D eigenvalue weighted by atomic mass is 16.5. The summed E-state index contributed by atoms with van der Waals surface area (Å²) in [4.78, 5) is 4.31. The number of rotatable bonds is 4. The van der Waals surface area contributed by atoms with Crippen molar-refractivity contribution in [1.82, 2.24) is 5.32 Å². The van der Waals surface area contributed by atoms with E-state index in [0.29, 0.717) is 17.2 Å². The molecule has 5 heteroatoms. The molecule has 0 atom stereocenters. The number of methoxy groups -OCH3 is 3. The summed E-state index contributed by atoms with van der Waals surface area (Å²) < 4.78 is 16.0. The summed E-state index contributed by atoms with van der Waals surface area (Å²) in [5, 5.41) is 3.20. The molecule has 0 radical (unpaired) electrons. The largest absolute Gasteiger partial charge is 0.493 e. The van der Waals surface area contributed by atoms with Gasteiger partial charge in [0.15, 0.2) is 11.5 Å². The molecule has 0 aromatic heterocycles. The zero-order valence-corrected chi connectivity index (χ0v) is 11.4. The molecule has 2 rings (SSSR count). The lowest BCUT2D eigenvalue weighted by Gasteiger charge is -2.14. The Morgan fingerprint density at radius 1 is 1.05 bits per heavy atom. The van der Waals surface area contributed by atoms with Gasteiger partial charge in [-0.15, -0.1) is 0 Å². The molecule has 1 aliphatic heterocycles. The van der Waals surface area contributed by atoms with Gasteiger partial charge in [0.25, 0.3) is 0 Å². The Balaban J connectivity index is 2.49. The lowest BCUT2D eigenvalue weighted by molar-refractivity contribution is 0.324. The van der Waals surface area contributed by atoms with E-state index in [4.69, 9.17) is 14.2 Å². The average molecular weight is 262 g/mol. The summed E-state index contributed by atoms with van der Waals surface area (Å²) in [6.07, 6.45) is 3.79. The van der Waals surface area contributed by atoms with Crippen LogP contribution >= 0.6 is 0 Å². The fourth-order valence-electron chi connectivity index (χ4n) is 1.92. The highest BCUT2D eigenvalue weighted by Crippen LogP contribution is 2.39. The van der Waals surface area contributed by atoms with E-state index in [1.807, 2.05) is 24.5 Å². The molecular weight excluding hydrogens is 244 g/mol. The van der Waals surface area contributed by atoms with E-state index in [1.165, 1.54) is 0 Å². The first-order valence-corrected chi connectivity index (χ1v) is 6.04. The second-order valence-electron chi connectivity index (χ2n) is 4.00. The smallest absolute Gasteiger partial charge is 0.203 e. The molecule has 0 fully saturated rings. The molecule has 5 nitrogen and oxygen atoms in total. The number of hydrogen-bond donors (Lipinski definition) is 1. The number of allylic oxidation sites excluding steroid dienone is 1. The topological polar surface area (TPSA) is 52.1 Å². The number of nitrogens with zero attached hydrogens (tertiary/aromatic N) is 1. The minimum absolute atomic E-state index is 0.591. The predicted molar refractivity (Wildman–Crippen MR) is 75.4 cm³/mol. The van der Waals surface area contributed by atoms with Crippen LogP contribution in [-0.2, 0) is 0 Å². The second-order valence-corrected chi connectivity index (χ2v) is 4.00. The molecule has 1 N–H and O–H groups in total. The molecule has 0 bridgehead atoms. The van der Waals surface area contributed by atoms with Crippen LogP contribution in [0.4, 0.5) is 0 Å². The van der Waals surface area contributed by atoms with E-state index in [2.05, 4.69) is 10.3 Å². The molecular formula is C14H18N2O3. The van der Waals surface area contributed by atoms with Crippen LogP contribution in [0.5, 0.6) is 17.2 Å². The summed E-state index contributed by atoms with van der Waals surface area (Å²) in [5.41, 5.74) is 1.95. The fraction of sp³-hybridized carbons (Fsp3) is 0.357. The first-order valence-electron chi connectivity index (χ1n) is 6.04. The van der Waals surface area contributed by atoms with Gasteiger partial charge in [0, 0.05) is 24.5 Å². The van der Waals surface area contributed by atoms with Crippen LogP contribution in [0.15, 0.2) is 23.3 Å². The van der Waals surface area contributed by atoms with Crippen molar-refractivity contribution in [3.05, 3.63) is 23.9 Å². The highest BCUT2D eigenvalue weighted by molar-refractivity contribution is 6.10. The zero-order chi connectivity index (χ0) is 13.7. The quantitative estimate of drug-likeness (QED) is 0.897. The maximum absolute atomic E-state index is 5.34. The number of nitrogens with one attached hydrogen (secondary N) is 1. The first kappa shape index (κ1) is 13.3. The summed E-state index contributed by atoms with van der Waals surface area (Å²) >= 11 is 0. The van der Waals surface area contributed by atoms with Crippen LogP contribution in [0.1, 0.15) is 5.56 Å². The third-order valence-corrected chi connectivity index (χ3v) is 2.87. The molecule has 1 aromatic rings. The standard InChI is InChI=1S/C14H18N2O3/c1-17-12-6-10(7-13(18-2)14(12)19-3)11-8-15-4-5-16-9-11/h6-9,15H,4-5H2,1-3H3. The zero-order valence-electron chi connectivity index (χ0n) is 11.4. The maximum atomic E-state index is 5.34. The summed E-state index contributed by atoms with van der Waals surface area (Å²) in [6.45, 7) is 1.61. The van der Waals surface area contributed by atoms with Gasteiger partial charge in [0.2, 0.25) is 5.75 Å². The Hall–Kier alpha value is -2.17. The van der Waals surface area contributed by atoms with Gasteiger partial charge in [-0.25, -0.2) is 0 Å². The molecule has 0 saturated heterocycles. The molecule has 0 unspecified atom stereocenters. The van der Waals surface area contributed by atoms with Crippen LogP contribution in [0, 0.1) is 0 Å². The Morgan fingerprint density at radius 3 is 2.32 bits per heavy atom. The summed E-state index contributed by atoms with van der Waals surface area (Å²) in [7, 11) is 4.80. The van der Waals surface area contributed by atoms with E-state index in [1.54, 1.807) is 21.3 Å². The van der Waals surface area contributed by atoms with Crippen molar-refractivity contribution in [3.63, 3.8) is 0 Å². The third kappa shape index (κ3) is 2.81. The molecule has 102 valence electrons. The molecule has 1 heterocycles. The van der Waals surface area contributed by atoms with Gasteiger partial charge >= 0.3 is 0 Å². The van der Waals surface area contributed by atoms with E-state index in [-0.39, 0.29) is 0 Å². The van der Waals surface area contributed by atoms with Gasteiger partial charge < -0.3 is 19.5 Å². The van der Waals surface area contributed by atoms with Crippen molar-refractivity contribution in [2.75, 3.05) is 34.4 Å². The van der Waals surface area contributed by atoms with Crippen LogP contribution in [0.2, 0.25) is 0 Å². The average Bonchev–Trinajstić information content (AvgIpc) is 2.74. The van der Waals surface area contributed by atoms with Crippen molar-refractivity contribution in [3.8, 4) is 17.2 Å². The van der Waals surface area contributed by atoms with Gasteiger partial charge in [-0.05, 0) is 17.7 Å². The maximum Gasteiger partial charge on any atom is 0.203 e. The monoisotopic (exact) mass is 262 g/mol. The van der Waals surface area contributed by atoms with E-state index in [9.17, 15) is 0 Å². The lowest BCUT2D eigenvalue weighted by atomic mass is 10.1. The highest BCUT2D eigenvalue weighted by Gasteiger charge is 2.14. The van der Waals surface area contributed by atoms with Gasteiger partial charge in [0.05, 0.1) is 27.9 Å². The molecule has 1 aromatic carbocycles. The lowest BCUT2D eigenvalue weighted by Crippen LogP contribution is -2.08. The minimum Gasteiger partial charge on any atom is -0.493 e. The Bertz CT molecular complexity index is 484. The molecule has 0 amide bonds. The number of hydrogen-bond acceptors (Lipinski definition) is 5. The van der Waals surface area contributed by atoms with Crippen molar-refractivity contribution < 1.29 is 14.2 Å². The van der Waals surface area contributed by atoms with Crippen molar-refractivity contribution in [1.29, 1.82) is 0 Å². The molecule has 0 spiro atoms. The van der Waals surface area contributed by atoms with Crippen LogP contribution in [-0.4, -0.2) is 40.6 Å². The Morgan fingerprint density at radius 2 is 1.74 bits per heavy atom. The molecule has 0 saturated carbocycles. The fourth-order valence-corrected chi connectivity index (χ4v) is 1.92. The molecule has 0 aliphatic carbocycles. The third-order valence-electron chi connectivity index (χ3n) is 2.87.